The highest BCUT2D eigenvalue weighted by molar-refractivity contribution is 7.15. The van der Waals surface area contributed by atoms with Crippen LogP contribution in [0.15, 0.2) is 36.4 Å². The molecular weight excluding hydrogens is 314 g/mol. The number of hydrogen-bond donors (Lipinski definition) is 0. The molecule has 8 heteroatoms. The zero-order chi connectivity index (χ0) is 14.8. The molecule has 21 heavy (non-hydrogen) atoms. The lowest BCUT2D eigenvalue weighted by Crippen LogP contribution is -1.97. The highest BCUT2D eigenvalue weighted by Gasteiger charge is 2.14. The molecule has 0 fully saturated rings. The Morgan fingerprint density at radius 2 is 1.95 bits per heavy atom. The highest BCUT2D eigenvalue weighted by atomic mass is 35.5. The predicted octanol–water partition coefficient (Wildman–Crippen LogP) is 3.83. The van der Waals surface area contributed by atoms with Gasteiger partial charge in [0.1, 0.15) is 12.4 Å². The molecule has 2 aromatic carbocycles. The Morgan fingerprint density at radius 1 is 1.19 bits per heavy atom. The van der Waals surface area contributed by atoms with Gasteiger partial charge in [0.2, 0.25) is 4.47 Å². The zero-order valence-corrected chi connectivity index (χ0v) is 12.1. The molecule has 1 aromatic heterocycles. The first-order valence-corrected chi connectivity index (χ1v) is 7.11. The summed E-state index contributed by atoms with van der Waals surface area (Å²) in [5.41, 5.74) is 0.0527. The number of non-ortho nitro benzene ring substituents is 1. The van der Waals surface area contributed by atoms with Crippen LogP contribution in [-0.4, -0.2) is 15.1 Å². The molecule has 0 unspecified atom stereocenters. The molecule has 0 bridgehead atoms. The van der Waals surface area contributed by atoms with Crippen LogP contribution in [0.2, 0.25) is 4.47 Å². The SMILES string of the molecule is O=[N+]([O-])c1ccc(OCc2nnc(Cl)s2)c2ccccc12. The van der Waals surface area contributed by atoms with E-state index in [9.17, 15) is 10.1 Å². The molecule has 0 saturated carbocycles. The van der Waals surface area contributed by atoms with Crippen LogP contribution in [0.25, 0.3) is 10.8 Å². The molecule has 0 N–H and O–H groups in total. The quantitative estimate of drug-likeness (QED) is 0.539. The summed E-state index contributed by atoms with van der Waals surface area (Å²) in [6, 6.07) is 10.1. The highest BCUT2D eigenvalue weighted by Crippen LogP contribution is 2.33. The van der Waals surface area contributed by atoms with Gasteiger partial charge in [0.15, 0.2) is 5.01 Å². The smallest absolute Gasteiger partial charge is 0.277 e. The van der Waals surface area contributed by atoms with E-state index in [0.717, 1.165) is 0 Å². The average Bonchev–Trinajstić information content (AvgIpc) is 2.90. The molecule has 1 heterocycles. The van der Waals surface area contributed by atoms with Gasteiger partial charge in [0.05, 0.1) is 10.3 Å². The van der Waals surface area contributed by atoms with Crippen LogP contribution in [-0.2, 0) is 6.61 Å². The number of nitro groups is 1. The molecule has 0 amide bonds. The van der Waals surface area contributed by atoms with E-state index < -0.39 is 4.92 Å². The number of ether oxygens (including phenoxy) is 1. The Balaban J connectivity index is 1.96. The van der Waals surface area contributed by atoms with Crippen LogP contribution in [0.3, 0.4) is 0 Å². The molecular formula is C13H8ClN3O3S. The number of hydrogen-bond acceptors (Lipinski definition) is 6. The fourth-order valence-corrected chi connectivity index (χ4v) is 2.75. The van der Waals surface area contributed by atoms with Gasteiger partial charge >= 0.3 is 0 Å². The molecule has 0 aliphatic heterocycles. The third-order valence-electron chi connectivity index (χ3n) is 2.85. The van der Waals surface area contributed by atoms with E-state index in [4.69, 9.17) is 16.3 Å². The Labute approximate surface area is 128 Å². The number of halogens is 1. The molecule has 106 valence electrons. The molecule has 0 atom stereocenters. The second kappa shape index (κ2) is 5.63. The van der Waals surface area contributed by atoms with Crippen molar-refractivity contribution in [2.75, 3.05) is 0 Å². The van der Waals surface area contributed by atoms with E-state index in [2.05, 4.69) is 10.2 Å². The topological polar surface area (TPSA) is 78.2 Å². The Morgan fingerprint density at radius 3 is 2.62 bits per heavy atom. The van der Waals surface area contributed by atoms with Crippen molar-refractivity contribution in [3.05, 3.63) is 56.0 Å². The monoisotopic (exact) mass is 321 g/mol. The maximum atomic E-state index is 11.0. The van der Waals surface area contributed by atoms with Crippen LogP contribution in [0.1, 0.15) is 5.01 Å². The number of nitrogens with zero attached hydrogens (tertiary/aromatic N) is 3. The van der Waals surface area contributed by atoms with Crippen molar-refractivity contribution in [1.82, 2.24) is 10.2 Å². The minimum absolute atomic E-state index is 0.0527. The summed E-state index contributed by atoms with van der Waals surface area (Å²) in [6.07, 6.45) is 0. The van der Waals surface area contributed by atoms with Crippen LogP contribution in [0.5, 0.6) is 5.75 Å². The Kier molecular flexibility index (Phi) is 3.68. The van der Waals surface area contributed by atoms with Gasteiger partial charge in [-0.25, -0.2) is 0 Å². The summed E-state index contributed by atoms with van der Waals surface area (Å²) in [6.45, 7) is 0.214. The number of benzene rings is 2. The van der Waals surface area contributed by atoms with E-state index in [1.54, 1.807) is 30.3 Å². The van der Waals surface area contributed by atoms with Crippen LogP contribution < -0.4 is 4.74 Å². The first-order valence-electron chi connectivity index (χ1n) is 5.92. The van der Waals surface area contributed by atoms with Gasteiger partial charge in [-0.15, -0.1) is 10.2 Å². The molecule has 3 aromatic rings. The summed E-state index contributed by atoms with van der Waals surface area (Å²) in [4.78, 5) is 10.6. The molecule has 3 rings (SSSR count). The molecule has 0 saturated heterocycles. The molecule has 0 radical (unpaired) electrons. The van der Waals surface area contributed by atoms with Crippen molar-refractivity contribution in [2.45, 2.75) is 6.61 Å². The third-order valence-corrected chi connectivity index (χ3v) is 3.84. The van der Waals surface area contributed by atoms with Gasteiger partial charge in [-0.1, -0.05) is 29.5 Å². The molecule has 0 aliphatic carbocycles. The Bertz CT molecular complexity index is 821. The summed E-state index contributed by atoms with van der Waals surface area (Å²) < 4.78 is 6.03. The van der Waals surface area contributed by atoms with Crippen molar-refractivity contribution >= 4 is 39.4 Å². The second-order valence-corrected chi connectivity index (χ2v) is 5.77. The predicted molar refractivity (Wildman–Crippen MR) is 79.9 cm³/mol. The van der Waals surface area contributed by atoms with Gasteiger partial charge in [-0.05, 0) is 23.7 Å². The normalized spacial score (nSPS) is 10.7. The standard InChI is InChI=1S/C13H8ClN3O3S/c14-13-16-15-12(21-13)7-20-11-6-5-10(17(18)19)8-3-1-2-4-9(8)11/h1-6H,7H2. The number of aromatic nitrogens is 2. The molecule has 0 aliphatic rings. The van der Waals surface area contributed by atoms with Crippen LogP contribution >= 0.6 is 22.9 Å². The zero-order valence-electron chi connectivity index (χ0n) is 10.5. The molecule has 0 spiro atoms. The van der Waals surface area contributed by atoms with Gasteiger partial charge in [-0.2, -0.15) is 0 Å². The average molecular weight is 322 g/mol. The van der Waals surface area contributed by atoms with E-state index in [-0.39, 0.29) is 12.3 Å². The minimum atomic E-state index is -0.406. The fraction of sp³-hybridized carbons (Fsp3) is 0.0769. The van der Waals surface area contributed by atoms with Gasteiger partial charge in [0.25, 0.3) is 5.69 Å². The summed E-state index contributed by atoms with van der Waals surface area (Å²) in [7, 11) is 0. The van der Waals surface area contributed by atoms with E-state index >= 15 is 0 Å². The van der Waals surface area contributed by atoms with Crippen LogP contribution in [0, 0.1) is 10.1 Å². The van der Waals surface area contributed by atoms with Gasteiger partial charge in [-0.3, -0.25) is 10.1 Å². The lowest BCUT2D eigenvalue weighted by Gasteiger charge is -2.08. The van der Waals surface area contributed by atoms with Gasteiger partial charge in [0, 0.05) is 11.5 Å². The Hall–Kier alpha value is -2.25. The lowest BCUT2D eigenvalue weighted by molar-refractivity contribution is -0.383. The maximum absolute atomic E-state index is 11.0. The fourth-order valence-electron chi connectivity index (χ4n) is 1.97. The van der Waals surface area contributed by atoms with E-state index in [1.807, 2.05) is 0 Å². The van der Waals surface area contributed by atoms with Crippen molar-refractivity contribution < 1.29 is 9.66 Å². The minimum Gasteiger partial charge on any atom is -0.486 e. The molecule has 6 nitrogen and oxygen atoms in total. The number of fused-ring (bicyclic) bond motifs is 1. The summed E-state index contributed by atoms with van der Waals surface area (Å²) in [5, 5.41) is 20.5. The van der Waals surface area contributed by atoms with Crippen molar-refractivity contribution in [3.8, 4) is 5.75 Å². The van der Waals surface area contributed by atoms with Gasteiger partial charge < -0.3 is 4.74 Å². The second-order valence-electron chi connectivity index (χ2n) is 4.12. The van der Waals surface area contributed by atoms with E-state index in [1.165, 1.54) is 17.4 Å². The van der Waals surface area contributed by atoms with Crippen molar-refractivity contribution in [1.29, 1.82) is 0 Å². The third kappa shape index (κ3) is 2.79. The summed E-state index contributed by atoms with van der Waals surface area (Å²) >= 11 is 6.94. The lowest BCUT2D eigenvalue weighted by atomic mass is 10.1. The maximum Gasteiger partial charge on any atom is 0.277 e. The number of rotatable bonds is 4. The van der Waals surface area contributed by atoms with Crippen LogP contribution in [0.4, 0.5) is 5.69 Å². The van der Waals surface area contributed by atoms with E-state index in [0.29, 0.717) is 26.0 Å². The van der Waals surface area contributed by atoms with Crippen molar-refractivity contribution in [3.63, 3.8) is 0 Å². The first kappa shape index (κ1) is 13.7. The van der Waals surface area contributed by atoms with Crippen molar-refractivity contribution in [2.24, 2.45) is 0 Å². The first-order chi connectivity index (χ1) is 10.1. The summed E-state index contributed by atoms with van der Waals surface area (Å²) in [5.74, 6) is 0.558. The largest absolute Gasteiger partial charge is 0.486 e. The number of nitro benzene ring substituents is 1.